The minimum absolute atomic E-state index is 0.341. The Hall–Kier alpha value is -3.68. The molecule has 0 bridgehead atoms. The van der Waals surface area contributed by atoms with Crippen LogP contribution in [-0.4, -0.2) is 24.5 Å². The number of amidine groups is 1. The number of carbonyl (C=O) groups excluding carboxylic acids is 1. The van der Waals surface area contributed by atoms with Gasteiger partial charge in [-0.3, -0.25) is 10.2 Å². The number of aryl methyl sites for hydroxylation is 1. The average molecular weight is 435 g/mol. The van der Waals surface area contributed by atoms with E-state index in [1.54, 1.807) is 30.3 Å². The predicted molar refractivity (Wildman–Crippen MR) is 127 cm³/mol. The van der Waals surface area contributed by atoms with Gasteiger partial charge in [0.1, 0.15) is 12.5 Å². The summed E-state index contributed by atoms with van der Waals surface area (Å²) in [5, 5.41) is 8.89. The Morgan fingerprint density at radius 1 is 1.13 bits per heavy atom. The molecule has 1 heterocycles. The lowest BCUT2D eigenvalue weighted by Gasteiger charge is -2.11. The van der Waals surface area contributed by atoms with Crippen molar-refractivity contribution in [2.45, 2.75) is 6.92 Å². The number of nitrogens with one attached hydrogen (secondary N) is 3. The van der Waals surface area contributed by atoms with E-state index >= 15 is 0 Å². The number of hydrogen-bond donors (Lipinski definition) is 5. The molecule has 1 aliphatic heterocycles. The summed E-state index contributed by atoms with van der Waals surface area (Å²) in [5.41, 5.74) is 23.1. The minimum atomic E-state index is 0.341. The van der Waals surface area contributed by atoms with Crippen molar-refractivity contribution in [3.05, 3.63) is 93.5 Å². The monoisotopic (exact) mass is 434 g/mol. The van der Waals surface area contributed by atoms with Gasteiger partial charge < -0.3 is 16.9 Å². The van der Waals surface area contributed by atoms with Crippen LogP contribution in [0.25, 0.3) is 0 Å². The molecule has 1 aliphatic rings. The molecule has 158 valence electrons. The molecule has 0 saturated carbocycles. The van der Waals surface area contributed by atoms with E-state index in [2.05, 4.69) is 15.8 Å². The molecule has 0 atom stereocenters. The highest BCUT2D eigenvalue weighted by Crippen LogP contribution is 2.20. The van der Waals surface area contributed by atoms with Crippen LogP contribution in [0.3, 0.4) is 0 Å². The maximum atomic E-state index is 10.3. The third-order valence-corrected chi connectivity index (χ3v) is 4.90. The molecule has 0 saturated heterocycles. The summed E-state index contributed by atoms with van der Waals surface area (Å²) in [5.74, 6) is 0.747. The molecule has 0 amide bonds. The first kappa shape index (κ1) is 22.0. The Labute approximate surface area is 185 Å². The second-order valence-corrected chi connectivity index (χ2v) is 7.32. The van der Waals surface area contributed by atoms with Crippen LogP contribution >= 0.6 is 11.6 Å². The molecule has 0 radical (unpaired) electrons. The second-order valence-electron chi connectivity index (χ2n) is 6.91. The molecule has 7 N–H and O–H groups in total. The Bertz CT molecular complexity index is 1160. The fourth-order valence-electron chi connectivity index (χ4n) is 2.94. The Kier molecular flexibility index (Phi) is 7.02. The van der Waals surface area contributed by atoms with E-state index in [0.717, 1.165) is 28.8 Å². The summed E-state index contributed by atoms with van der Waals surface area (Å²) >= 11 is 5.70. The normalized spacial score (nSPS) is 12.3. The lowest BCUT2D eigenvalue weighted by Crippen LogP contribution is -2.30. The van der Waals surface area contributed by atoms with E-state index in [1.165, 1.54) is 0 Å². The number of nitrogens with zero attached hydrogens (tertiary/aromatic N) is 1. The molecule has 8 heteroatoms. The van der Waals surface area contributed by atoms with Gasteiger partial charge in [0.05, 0.1) is 10.7 Å². The predicted octanol–water partition coefficient (Wildman–Crippen LogP) is 3.54. The topological polar surface area (TPSA) is 129 Å². The SMILES string of the molecule is Cc1ccc(C=O)c(Cl)c1.N=C(c1cccc(N)c1)c1cc(C2=NCNN2)ccc1N. The number of nitrogens with two attached hydrogens (primary N) is 2. The van der Waals surface area contributed by atoms with E-state index < -0.39 is 0 Å². The zero-order valence-electron chi connectivity index (χ0n) is 16.9. The summed E-state index contributed by atoms with van der Waals surface area (Å²) in [4.78, 5) is 14.5. The van der Waals surface area contributed by atoms with E-state index in [4.69, 9.17) is 28.5 Å². The van der Waals surface area contributed by atoms with Crippen molar-refractivity contribution in [1.82, 2.24) is 10.9 Å². The van der Waals surface area contributed by atoms with Gasteiger partial charge in [0.25, 0.3) is 0 Å². The highest BCUT2D eigenvalue weighted by molar-refractivity contribution is 6.33. The van der Waals surface area contributed by atoms with Gasteiger partial charge in [0, 0.05) is 33.6 Å². The van der Waals surface area contributed by atoms with Gasteiger partial charge in [0.15, 0.2) is 6.29 Å². The zero-order valence-corrected chi connectivity index (χ0v) is 17.7. The van der Waals surface area contributed by atoms with Gasteiger partial charge in [-0.2, -0.15) is 0 Å². The number of aldehydes is 1. The number of nitrogen functional groups attached to an aromatic ring is 2. The molecular weight excluding hydrogens is 412 g/mol. The number of anilines is 2. The Balaban J connectivity index is 0.000000229. The third-order valence-electron chi connectivity index (χ3n) is 4.58. The van der Waals surface area contributed by atoms with Crippen LogP contribution in [0, 0.1) is 12.3 Å². The number of benzene rings is 3. The molecule has 7 nitrogen and oxygen atoms in total. The first-order chi connectivity index (χ1) is 14.9. The van der Waals surface area contributed by atoms with Crippen molar-refractivity contribution in [2.75, 3.05) is 18.1 Å². The number of carbonyl (C=O) groups is 1. The van der Waals surface area contributed by atoms with E-state index in [9.17, 15) is 4.79 Å². The molecule has 0 aliphatic carbocycles. The van der Waals surface area contributed by atoms with Crippen molar-refractivity contribution < 1.29 is 4.79 Å². The van der Waals surface area contributed by atoms with Gasteiger partial charge in [0.2, 0.25) is 0 Å². The van der Waals surface area contributed by atoms with Crippen molar-refractivity contribution in [1.29, 1.82) is 5.41 Å². The lowest BCUT2D eigenvalue weighted by molar-refractivity contribution is 0.112. The molecule has 0 aromatic heterocycles. The standard InChI is InChI=1S/C15H16N6.C8H7ClO/c16-11-3-1-2-9(6-11)14(18)12-7-10(4-5-13(12)17)15-19-8-20-21-15;1-6-2-3-7(5-10)8(9)4-6/h1-7,18,20H,8,16-17H2,(H,19,21);2-5H,1H3. The quantitative estimate of drug-likeness (QED) is 0.243. The fraction of sp³-hybridized carbons (Fsp3) is 0.0870. The van der Waals surface area contributed by atoms with Crippen LogP contribution in [0.5, 0.6) is 0 Å². The van der Waals surface area contributed by atoms with Crippen LogP contribution in [0.2, 0.25) is 5.02 Å². The van der Waals surface area contributed by atoms with E-state index in [0.29, 0.717) is 39.9 Å². The zero-order chi connectivity index (χ0) is 22.4. The van der Waals surface area contributed by atoms with Crippen molar-refractivity contribution >= 4 is 40.8 Å². The number of halogens is 1. The molecule has 0 spiro atoms. The average Bonchev–Trinajstić information content (AvgIpc) is 3.29. The molecular formula is C23H23ClN6O. The van der Waals surface area contributed by atoms with Crippen LogP contribution in [0.15, 0.2) is 65.7 Å². The number of rotatable bonds is 4. The van der Waals surface area contributed by atoms with Crippen LogP contribution in [0.4, 0.5) is 11.4 Å². The number of aliphatic imine (C=N–C) groups is 1. The van der Waals surface area contributed by atoms with Crippen LogP contribution in [0.1, 0.15) is 32.6 Å². The first-order valence-electron chi connectivity index (χ1n) is 9.48. The van der Waals surface area contributed by atoms with Gasteiger partial charge in [-0.1, -0.05) is 29.8 Å². The van der Waals surface area contributed by atoms with Crippen LogP contribution in [-0.2, 0) is 0 Å². The Morgan fingerprint density at radius 2 is 1.94 bits per heavy atom. The molecule has 3 aromatic carbocycles. The highest BCUT2D eigenvalue weighted by Gasteiger charge is 2.13. The van der Waals surface area contributed by atoms with Gasteiger partial charge in [-0.25, -0.2) is 10.4 Å². The van der Waals surface area contributed by atoms with Crippen LogP contribution < -0.4 is 22.3 Å². The maximum absolute atomic E-state index is 10.3. The Morgan fingerprint density at radius 3 is 2.58 bits per heavy atom. The van der Waals surface area contributed by atoms with E-state index in [1.807, 2.05) is 37.3 Å². The maximum Gasteiger partial charge on any atom is 0.151 e. The largest absolute Gasteiger partial charge is 0.399 e. The fourth-order valence-corrected chi connectivity index (χ4v) is 3.22. The van der Waals surface area contributed by atoms with Crippen molar-refractivity contribution in [3.8, 4) is 0 Å². The molecule has 3 aromatic rings. The lowest BCUT2D eigenvalue weighted by atomic mass is 9.98. The summed E-state index contributed by atoms with van der Waals surface area (Å²) in [7, 11) is 0. The first-order valence-corrected chi connectivity index (χ1v) is 9.86. The van der Waals surface area contributed by atoms with Crippen molar-refractivity contribution in [3.63, 3.8) is 0 Å². The minimum Gasteiger partial charge on any atom is -0.399 e. The molecule has 4 rings (SSSR count). The third kappa shape index (κ3) is 5.48. The van der Waals surface area contributed by atoms with Gasteiger partial charge in [-0.15, -0.1) is 0 Å². The summed E-state index contributed by atoms with van der Waals surface area (Å²) in [6.45, 7) is 2.46. The summed E-state index contributed by atoms with van der Waals surface area (Å²) in [6.07, 6.45) is 0.752. The van der Waals surface area contributed by atoms with Gasteiger partial charge in [-0.05, 0) is 55.0 Å². The highest BCUT2D eigenvalue weighted by atomic mass is 35.5. The van der Waals surface area contributed by atoms with Gasteiger partial charge >= 0.3 is 0 Å². The number of hydrazine groups is 1. The molecule has 0 fully saturated rings. The molecule has 31 heavy (non-hydrogen) atoms. The molecule has 0 unspecified atom stereocenters. The summed E-state index contributed by atoms with van der Waals surface area (Å²) < 4.78 is 0. The van der Waals surface area contributed by atoms with Crippen molar-refractivity contribution in [2.24, 2.45) is 4.99 Å². The smallest absolute Gasteiger partial charge is 0.151 e. The number of hydrogen-bond acceptors (Lipinski definition) is 7. The summed E-state index contributed by atoms with van der Waals surface area (Å²) in [6, 6.07) is 18.1. The van der Waals surface area contributed by atoms with E-state index in [-0.39, 0.29) is 0 Å². The second kappa shape index (κ2) is 9.88.